The number of hydrogen-bond acceptors (Lipinski definition) is 5. The van der Waals surface area contributed by atoms with Gasteiger partial charge in [0.25, 0.3) is 5.91 Å². The molecule has 0 aromatic heterocycles. The molecule has 0 unspecified atom stereocenters. The van der Waals surface area contributed by atoms with Crippen LogP contribution in [0.4, 0.5) is 11.4 Å². The number of benzene rings is 3. The predicted octanol–water partition coefficient (Wildman–Crippen LogP) is 6.21. The third-order valence-electron chi connectivity index (χ3n) is 7.11. The number of imide groups is 1. The molecule has 3 atom stereocenters. The van der Waals surface area contributed by atoms with Crippen LogP contribution in [0.3, 0.4) is 0 Å². The molecule has 5 rings (SSSR count). The molecule has 2 amide bonds. The number of fused-ring (bicyclic) bond motifs is 1. The number of hydroxylamine groups is 1. The molecule has 2 saturated heterocycles. The largest absolute Gasteiger partial charge is 0.494 e. The van der Waals surface area contributed by atoms with E-state index < -0.39 is 18.1 Å². The van der Waals surface area contributed by atoms with Gasteiger partial charge in [0.2, 0.25) is 5.91 Å². The molecule has 3 aromatic carbocycles. The molecule has 37 heavy (non-hydrogen) atoms. The zero-order chi connectivity index (χ0) is 26.2. The molecule has 6 heteroatoms. The van der Waals surface area contributed by atoms with Crippen LogP contribution in [0.5, 0.6) is 5.75 Å². The molecule has 192 valence electrons. The Morgan fingerprint density at radius 3 is 2.14 bits per heavy atom. The number of rotatable bonds is 7. The van der Waals surface area contributed by atoms with E-state index in [-0.39, 0.29) is 17.2 Å². The van der Waals surface area contributed by atoms with Crippen LogP contribution < -0.4 is 14.7 Å². The summed E-state index contributed by atoms with van der Waals surface area (Å²) in [5.74, 6) is -0.532. The molecule has 6 nitrogen and oxygen atoms in total. The van der Waals surface area contributed by atoms with Crippen molar-refractivity contribution in [3.63, 3.8) is 0 Å². The van der Waals surface area contributed by atoms with Crippen molar-refractivity contribution in [2.75, 3.05) is 16.6 Å². The lowest BCUT2D eigenvalue weighted by Gasteiger charge is -2.29. The average molecular weight is 499 g/mol. The first-order chi connectivity index (χ1) is 17.8. The summed E-state index contributed by atoms with van der Waals surface area (Å²) in [6, 6.07) is 24.7. The molecule has 0 bridgehead atoms. The Morgan fingerprint density at radius 1 is 0.838 bits per heavy atom. The third-order valence-corrected chi connectivity index (χ3v) is 7.11. The maximum atomic E-state index is 13.8. The quantitative estimate of drug-likeness (QED) is 0.286. The second kappa shape index (κ2) is 10.0. The van der Waals surface area contributed by atoms with Crippen molar-refractivity contribution in [3.8, 4) is 5.75 Å². The van der Waals surface area contributed by atoms with Crippen LogP contribution in [0.1, 0.15) is 57.7 Å². The van der Waals surface area contributed by atoms with Crippen molar-refractivity contribution in [1.82, 2.24) is 0 Å². The summed E-state index contributed by atoms with van der Waals surface area (Å²) >= 11 is 0. The first kappa shape index (κ1) is 25.0. The zero-order valence-corrected chi connectivity index (χ0v) is 21.9. The summed E-state index contributed by atoms with van der Waals surface area (Å²) in [6.45, 7) is 9.26. The first-order valence-electron chi connectivity index (χ1n) is 13.0. The van der Waals surface area contributed by atoms with Gasteiger partial charge < -0.3 is 4.74 Å². The number of para-hydroxylation sites is 1. The van der Waals surface area contributed by atoms with E-state index in [9.17, 15) is 9.59 Å². The fourth-order valence-electron chi connectivity index (χ4n) is 5.01. The van der Waals surface area contributed by atoms with Gasteiger partial charge in [-0.3, -0.25) is 14.4 Å². The van der Waals surface area contributed by atoms with Gasteiger partial charge in [0.15, 0.2) is 6.10 Å². The summed E-state index contributed by atoms with van der Waals surface area (Å²) in [5, 5.41) is 1.74. The second-order valence-electron chi connectivity index (χ2n) is 10.7. The summed E-state index contributed by atoms with van der Waals surface area (Å²) in [6.07, 6.45) is 1.14. The first-order valence-corrected chi connectivity index (χ1v) is 13.0. The molecule has 2 aliphatic rings. The Bertz CT molecular complexity index is 1250. The lowest BCUT2D eigenvalue weighted by molar-refractivity contribution is -0.126. The summed E-state index contributed by atoms with van der Waals surface area (Å²) < 4.78 is 5.74. The lowest BCUT2D eigenvalue weighted by Crippen LogP contribution is -2.37. The van der Waals surface area contributed by atoms with Gasteiger partial charge in [-0.05, 0) is 59.4 Å². The number of amides is 2. The highest BCUT2D eigenvalue weighted by Crippen LogP contribution is 2.47. The van der Waals surface area contributed by atoms with Crippen molar-refractivity contribution in [2.45, 2.75) is 58.1 Å². The van der Waals surface area contributed by atoms with E-state index in [1.807, 2.05) is 30.3 Å². The Kier molecular flexibility index (Phi) is 6.78. The van der Waals surface area contributed by atoms with Crippen molar-refractivity contribution in [2.24, 2.45) is 5.92 Å². The number of hydrogen-bond donors (Lipinski definition) is 0. The number of carbonyl (C=O) groups excluding carboxylic acids is 2. The Morgan fingerprint density at radius 2 is 1.51 bits per heavy atom. The molecular formula is C31H34N2O4. The second-order valence-corrected chi connectivity index (χ2v) is 10.7. The topological polar surface area (TPSA) is 59.1 Å². The highest BCUT2D eigenvalue weighted by atomic mass is 16.7. The number of carbonyl (C=O) groups is 2. The molecule has 0 spiro atoms. The summed E-state index contributed by atoms with van der Waals surface area (Å²) in [5.41, 5.74) is 3.49. The van der Waals surface area contributed by atoms with Crippen LogP contribution in [-0.2, 0) is 19.8 Å². The fraction of sp³-hybridized carbons (Fsp3) is 0.355. The summed E-state index contributed by atoms with van der Waals surface area (Å²) in [4.78, 5) is 34.9. The van der Waals surface area contributed by atoms with E-state index in [2.05, 4.69) is 52.0 Å². The molecule has 2 heterocycles. The van der Waals surface area contributed by atoms with Crippen LogP contribution in [0.2, 0.25) is 0 Å². The van der Waals surface area contributed by atoms with Gasteiger partial charge in [-0.25, -0.2) is 9.96 Å². The van der Waals surface area contributed by atoms with Crippen LogP contribution in [-0.4, -0.2) is 24.5 Å². The van der Waals surface area contributed by atoms with Crippen molar-refractivity contribution in [3.05, 3.63) is 90.0 Å². The van der Waals surface area contributed by atoms with E-state index in [1.54, 1.807) is 29.3 Å². The molecule has 0 radical (unpaired) electrons. The zero-order valence-electron chi connectivity index (χ0n) is 21.9. The van der Waals surface area contributed by atoms with Gasteiger partial charge in [-0.15, -0.1) is 0 Å². The van der Waals surface area contributed by atoms with Crippen LogP contribution in [0.15, 0.2) is 78.9 Å². The molecule has 0 aliphatic carbocycles. The minimum atomic E-state index is -0.888. The van der Waals surface area contributed by atoms with E-state index >= 15 is 0 Å². The van der Waals surface area contributed by atoms with Crippen LogP contribution >= 0.6 is 0 Å². The fourth-order valence-corrected chi connectivity index (χ4v) is 5.01. The van der Waals surface area contributed by atoms with Gasteiger partial charge in [0.1, 0.15) is 11.7 Å². The van der Waals surface area contributed by atoms with Gasteiger partial charge in [-0.2, -0.15) is 0 Å². The number of nitrogens with zero attached hydrogens (tertiary/aromatic N) is 2. The lowest BCUT2D eigenvalue weighted by atomic mass is 9.84. The predicted molar refractivity (Wildman–Crippen MR) is 145 cm³/mol. The van der Waals surface area contributed by atoms with E-state index in [1.165, 1.54) is 10.5 Å². The molecule has 0 N–H and O–H groups in total. The highest BCUT2D eigenvalue weighted by molar-refractivity contribution is 6.23. The minimum absolute atomic E-state index is 0.00865. The molecule has 2 aliphatic heterocycles. The van der Waals surface area contributed by atoms with Crippen LogP contribution in [0.25, 0.3) is 0 Å². The minimum Gasteiger partial charge on any atom is -0.494 e. The maximum Gasteiger partial charge on any atom is 0.266 e. The maximum absolute atomic E-state index is 13.8. The van der Waals surface area contributed by atoms with Crippen molar-refractivity contribution < 1.29 is 19.2 Å². The van der Waals surface area contributed by atoms with Gasteiger partial charge in [-0.1, -0.05) is 76.6 Å². The van der Waals surface area contributed by atoms with E-state index in [0.29, 0.717) is 12.3 Å². The standard InChI is InChI=1S/C31H34N2O4/c1-5-6-20-36-25-18-16-23(17-19-25)32-29(34)26-27(21-12-14-22(15-13-21)31(2,3)4)33(37-28(26)30(32)35)24-10-8-7-9-11-24/h7-19,26-28H,5-6,20H2,1-4H3/t26-,27+,28-/m0/s1. The Balaban J connectivity index is 1.47. The van der Waals surface area contributed by atoms with Gasteiger partial charge in [0, 0.05) is 0 Å². The average Bonchev–Trinajstić information content (AvgIpc) is 3.41. The molecular weight excluding hydrogens is 464 g/mol. The van der Waals surface area contributed by atoms with Crippen molar-refractivity contribution in [1.29, 1.82) is 0 Å². The molecule has 3 aromatic rings. The van der Waals surface area contributed by atoms with Crippen LogP contribution in [0, 0.1) is 5.92 Å². The SMILES string of the molecule is CCCCOc1ccc(N2C(=O)[C@@H]3[C@H](ON(c4ccccc4)[C@@H]3c3ccc(C(C)(C)C)cc3)C2=O)cc1. The van der Waals surface area contributed by atoms with Crippen molar-refractivity contribution >= 4 is 23.2 Å². The van der Waals surface area contributed by atoms with Gasteiger partial charge >= 0.3 is 0 Å². The number of ether oxygens (including phenoxy) is 1. The third kappa shape index (κ3) is 4.74. The Labute approximate surface area is 218 Å². The normalized spacial score (nSPS) is 21.5. The van der Waals surface area contributed by atoms with E-state index in [0.717, 1.165) is 29.8 Å². The smallest absolute Gasteiger partial charge is 0.266 e. The monoisotopic (exact) mass is 498 g/mol. The molecule has 2 fully saturated rings. The number of anilines is 2. The van der Waals surface area contributed by atoms with E-state index in [4.69, 9.17) is 9.57 Å². The molecule has 0 saturated carbocycles. The highest BCUT2D eigenvalue weighted by Gasteiger charge is 2.60. The number of unbranched alkanes of at least 4 members (excludes halogenated alkanes) is 1. The Hall–Kier alpha value is -3.64. The summed E-state index contributed by atoms with van der Waals surface area (Å²) in [7, 11) is 0. The van der Waals surface area contributed by atoms with Gasteiger partial charge in [0.05, 0.1) is 24.0 Å².